The fourth-order valence-corrected chi connectivity index (χ4v) is 3.31. The van der Waals surface area contributed by atoms with Crippen molar-refractivity contribution in [1.29, 1.82) is 0 Å². The minimum atomic E-state index is -0.201. The van der Waals surface area contributed by atoms with Gasteiger partial charge in [0.1, 0.15) is 0 Å². The quantitative estimate of drug-likeness (QED) is 0.548. The number of fused-ring (bicyclic) bond motifs is 2. The second-order valence-electron chi connectivity index (χ2n) is 5.63. The van der Waals surface area contributed by atoms with E-state index in [9.17, 15) is 4.79 Å². The lowest BCUT2D eigenvalue weighted by Crippen LogP contribution is -2.52. The van der Waals surface area contributed by atoms with Crippen LogP contribution in [0, 0.1) is 17.3 Å². The van der Waals surface area contributed by atoms with Crippen molar-refractivity contribution in [2.24, 2.45) is 17.3 Å². The maximum Gasteiger partial charge on any atom is 0.302 e. The van der Waals surface area contributed by atoms with Crippen molar-refractivity contribution in [1.82, 2.24) is 0 Å². The molecule has 4 atom stereocenters. The zero-order valence-corrected chi connectivity index (χ0v) is 11.2. The van der Waals surface area contributed by atoms with Crippen LogP contribution in [0.15, 0.2) is 11.6 Å². The summed E-state index contributed by atoms with van der Waals surface area (Å²) in [5, 5.41) is 0. The molecule has 3 heteroatoms. The first kappa shape index (κ1) is 12.6. The molecule has 0 aromatic rings. The van der Waals surface area contributed by atoms with E-state index in [1.807, 2.05) is 0 Å². The van der Waals surface area contributed by atoms with Gasteiger partial charge >= 0.3 is 5.97 Å². The molecule has 1 aliphatic carbocycles. The summed E-state index contributed by atoms with van der Waals surface area (Å²) in [6, 6.07) is 0. The highest BCUT2D eigenvalue weighted by Crippen LogP contribution is 2.49. The maximum absolute atomic E-state index is 11.0. The molecule has 0 N–H and O–H groups in total. The van der Waals surface area contributed by atoms with E-state index in [2.05, 4.69) is 26.8 Å². The predicted molar refractivity (Wildman–Crippen MR) is 65.5 cm³/mol. The lowest BCUT2D eigenvalue weighted by Gasteiger charge is -2.51. The van der Waals surface area contributed by atoms with Crippen LogP contribution in [0.1, 0.15) is 34.1 Å². The van der Waals surface area contributed by atoms with Crippen molar-refractivity contribution in [3.05, 3.63) is 11.6 Å². The molecule has 17 heavy (non-hydrogen) atoms. The van der Waals surface area contributed by atoms with Crippen LogP contribution in [0.5, 0.6) is 0 Å². The second-order valence-corrected chi connectivity index (χ2v) is 5.63. The smallest absolute Gasteiger partial charge is 0.302 e. The van der Waals surface area contributed by atoms with Gasteiger partial charge in [0.2, 0.25) is 0 Å². The minimum Gasteiger partial charge on any atom is -0.465 e. The fourth-order valence-electron chi connectivity index (χ4n) is 3.31. The zero-order chi connectivity index (χ0) is 12.6. The number of carbonyl (C=O) groups is 1. The van der Waals surface area contributed by atoms with Crippen LogP contribution >= 0.6 is 0 Å². The summed E-state index contributed by atoms with van der Waals surface area (Å²) in [6.07, 6.45) is 3.52. The van der Waals surface area contributed by atoms with Crippen LogP contribution in [-0.4, -0.2) is 25.3 Å². The Morgan fingerprint density at radius 3 is 2.94 bits per heavy atom. The molecule has 0 unspecified atom stereocenters. The molecular formula is C14H22O3. The van der Waals surface area contributed by atoms with Gasteiger partial charge in [-0.2, -0.15) is 0 Å². The normalized spacial score (nSPS) is 40.7. The van der Waals surface area contributed by atoms with E-state index in [0.717, 1.165) is 6.42 Å². The molecular weight excluding hydrogens is 216 g/mol. The van der Waals surface area contributed by atoms with Gasteiger partial charge in [-0.05, 0) is 26.2 Å². The van der Waals surface area contributed by atoms with Gasteiger partial charge in [0.05, 0.1) is 19.3 Å². The Morgan fingerprint density at radius 1 is 1.59 bits per heavy atom. The molecule has 3 nitrogen and oxygen atoms in total. The third kappa shape index (κ3) is 2.13. The summed E-state index contributed by atoms with van der Waals surface area (Å²) < 4.78 is 11.1. The molecule has 2 aliphatic rings. The summed E-state index contributed by atoms with van der Waals surface area (Å²) in [5.41, 5.74) is 1.41. The highest BCUT2D eigenvalue weighted by molar-refractivity contribution is 5.65. The van der Waals surface area contributed by atoms with E-state index < -0.39 is 0 Å². The molecule has 0 aromatic carbocycles. The number of hydrogen-bond donors (Lipinski definition) is 0. The average molecular weight is 238 g/mol. The van der Waals surface area contributed by atoms with Crippen molar-refractivity contribution in [2.75, 3.05) is 13.2 Å². The van der Waals surface area contributed by atoms with E-state index >= 15 is 0 Å². The Morgan fingerprint density at radius 2 is 2.29 bits per heavy atom. The van der Waals surface area contributed by atoms with Crippen molar-refractivity contribution in [3.8, 4) is 0 Å². The molecule has 0 amide bonds. The largest absolute Gasteiger partial charge is 0.465 e. The van der Waals surface area contributed by atoms with E-state index in [1.165, 1.54) is 12.5 Å². The summed E-state index contributed by atoms with van der Waals surface area (Å²) >= 11 is 0. The molecule has 2 rings (SSSR count). The number of allylic oxidation sites excluding steroid dienone is 1. The predicted octanol–water partition coefficient (Wildman–Crippen LogP) is 2.56. The van der Waals surface area contributed by atoms with E-state index in [1.54, 1.807) is 0 Å². The summed E-state index contributed by atoms with van der Waals surface area (Å²) in [7, 11) is 0. The Hall–Kier alpha value is -0.830. The minimum absolute atomic E-state index is 0.0116. The number of rotatable bonds is 2. The first-order chi connectivity index (χ1) is 7.96. The Labute approximate surface area is 103 Å². The Kier molecular flexibility index (Phi) is 3.30. The number of esters is 1. The van der Waals surface area contributed by atoms with Gasteiger partial charge in [0, 0.05) is 18.3 Å². The van der Waals surface area contributed by atoms with Crippen LogP contribution in [0.2, 0.25) is 0 Å². The van der Waals surface area contributed by atoms with Crippen LogP contribution in [0.25, 0.3) is 0 Å². The monoisotopic (exact) mass is 238 g/mol. The molecule has 1 fully saturated rings. The number of hydrogen-bond acceptors (Lipinski definition) is 3. The van der Waals surface area contributed by atoms with Crippen LogP contribution in [0.4, 0.5) is 0 Å². The molecule has 96 valence electrons. The van der Waals surface area contributed by atoms with Crippen molar-refractivity contribution in [3.63, 3.8) is 0 Å². The van der Waals surface area contributed by atoms with Gasteiger partial charge in [-0.15, -0.1) is 0 Å². The Bertz CT molecular complexity index is 347. The van der Waals surface area contributed by atoms with Crippen molar-refractivity contribution in [2.45, 2.75) is 40.2 Å². The van der Waals surface area contributed by atoms with Crippen molar-refractivity contribution < 1.29 is 14.3 Å². The molecule has 0 aromatic heterocycles. The lowest BCUT2D eigenvalue weighted by molar-refractivity contribution is -0.165. The Balaban J connectivity index is 2.21. The van der Waals surface area contributed by atoms with Gasteiger partial charge in [0.15, 0.2) is 0 Å². The van der Waals surface area contributed by atoms with Gasteiger partial charge in [-0.3, -0.25) is 4.79 Å². The van der Waals surface area contributed by atoms with Crippen LogP contribution in [-0.2, 0) is 14.3 Å². The van der Waals surface area contributed by atoms with Gasteiger partial charge < -0.3 is 9.47 Å². The van der Waals surface area contributed by atoms with Crippen LogP contribution in [0.3, 0.4) is 0 Å². The van der Waals surface area contributed by atoms with E-state index in [-0.39, 0.29) is 17.5 Å². The summed E-state index contributed by atoms with van der Waals surface area (Å²) in [6.45, 7) is 9.24. The molecule has 1 aliphatic heterocycles. The summed E-state index contributed by atoms with van der Waals surface area (Å²) in [4.78, 5) is 11.0. The third-order valence-corrected chi connectivity index (χ3v) is 4.56. The molecule has 0 saturated carbocycles. The molecule has 0 spiro atoms. The van der Waals surface area contributed by atoms with Gasteiger partial charge in [0.25, 0.3) is 0 Å². The molecule has 2 bridgehead atoms. The number of carbonyl (C=O) groups excluding carboxylic acids is 1. The first-order valence-electron chi connectivity index (χ1n) is 6.38. The standard InChI is InChI=1S/C14H22O3/c1-9-5-6-14(8-17-12(4)15)7-16-11(3)13(9)10(14)2/h5,10-11,13H,6-8H2,1-4H3/t10-,11-,13-,14+/m1/s1. The highest BCUT2D eigenvalue weighted by atomic mass is 16.5. The fraction of sp³-hybridized carbons (Fsp3) is 0.786. The molecule has 0 radical (unpaired) electrons. The highest BCUT2D eigenvalue weighted by Gasteiger charge is 2.49. The summed E-state index contributed by atoms with van der Waals surface area (Å²) in [5.74, 6) is 0.775. The maximum atomic E-state index is 11.0. The van der Waals surface area contributed by atoms with Crippen molar-refractivity contribution >= 4 is 5.97 Å². The van der Waals surface area contributed by atoms with E-state index in [4.69, 9.17) is 9.47 Å². The second kappa shape index (κ2) is 4.45. The molecule has 1 saturated heterocycles. The first-order valence-corrected chi connectivity index (χ1v) is 6.38. The third-order valence-electron chi connectivity index (χ3n) is 4.56. The SMILES string of the molecule is CC(=O)OC[C@@]12CC=C(C)[C@H]([C@H]1C)[C@@H](C)OC2. The average Bonchev–Trinajstić information content (AvgIpc) is 2.26. The number of ether oxygens (including phenoxy) is 2. The lowest BCUT2D eigenvalue weighted by atomic mass is 9.60. The van der Waals surface area contributed by atoms with E-state index in [0.29, 0.717) is 25.0 Å². The topological polar surface area (TPSA) is 35.5 Å². The zero-order valence-electron chi connectivity index (χ0n) is 11.2. The molecule has 1 heterocycles. The van der Waals surface area contributed by atoms with Crippen LogP contribution < -0.4 is 0 Å². The van der Waals surface area contributed by atoms with Gasteiger partial charge in [-0.1, -0.05) is 18.6 Å². The van der Waals surface area contributed by atoms with Gasteiger partial charge in [-0.25, -0.2) is 0 Å².